The number of hydrogen-bond acceptors (Lipinski definition) is 8. The average Bonchev–Trinajstić information content (AvgIpc) is 3.85. The molecule has 0 radical (unpaired) electrons. The Hall–Kier alpha value is -3.24. The van der Waals surface area contributed by atoms with Crippen molar-refractivity contribution in [3.05, 3.63) is 70.0 Å². The maximum Gasteiger partial charge on any atom is 0.201 e. The second-order valence-electron chi connectivity index (χ2n) is 15.3. The number of fused-ring (bicyclic) bond motifs is 1. The van der Waals surface area contributed by atoms with Gasteiger partial charge in [0, 0.05) is 48.9 Å². The predicted molar refractivity (Wildman–Crippen MR) is 185 cm³/mol. The lowest BCUT2D eigenvalue weighted by Gasteiger charge is -2.46. The van der Waals surface area contributed by atoms with Gasteiger partial charge in [-0.15, -0.1) is 0 Å². The number of rotatable bonds is 9. The van der Waals surface area contributed by atoms with Crippen LogP contribution < -0.4 is 4.74 Å². The van der Waals surface area contributed by atoms with Gasteiger partial charge in [-0.2, -0.15) is 0 Å². The minimum Gasteiger partial charge on any atom is -0.508 e. The van der Waals surface area contributed by atoms with E-state index in [1.807, 2.05) is 30.6 Å². The highest BCUT2D eigenvalue weighted by Crippen LogP contribution is 2.53. The van der Waals surface area contributed by atoms with E-state index in [9.17, 15) is 30.6 Å². The molecule has 0 unspecified atom stereocenters. The summed E-state index contributed by atoms with van der Waals surface area (Å²) in [6.45, 7) is -0.384. The van der Waals surface area contributed by atoms with Crippen molar-refractivity contribution in [2.45, 2.75) is 114 Å². The summed E-state index contributed by atoms with van der Waals surface area (Å²) < 4.78 is 12.5. The van der Waals surface area contributed by atoms with Gasteiger partial charge < -0.3 is 45.1 Å². The number of aliphatic hydroxyl groups is 3. The van der Waals surface area contributed by atoms with Crippen molar-refractivity contribution in [1.29, 1.82) is 0 Å². The first kappa shape index (κ1) is 34.2. The highest BCUT2D eigenvalue weighted by molar-refractivity contribution is 5.64. The van der Waals surface area contributed by atoms with E-state index in [2.05, 4.69) is 11.1 Å². The van der Waals surface area contributed by atoms with Gasteiger partial charge in [0.05, 0.1) is 32.0 Å². The number of benzene rings is 2. The Bertz CT molecular complexity index is 1580. The molecule has 1 aromatic heterocycles. The Balaban J connectivity index is 1.17. The maximum absolute atomic E-state index is 11.5. The number of phenolic OH excluding ortho intramolecular Hbond substituents is 2. The van der Waals surface area contributed by atoms with Gasteiger partial charge in [-0.05, 0) is 103 Å². The summed E-state index contributed by atoms with van der Waals surface area (Å²) in [7, 11) is 1.44. The molecule has 0 spiro atoms. The first-order chi connectivity index (χ1) is 23.8. The van der Waals surface area contributed by atoms with Crippen LogP contribution in [0.2, 0.25) is 0 Å². The molecule has 3 aromatic rings. The molecule has 49 heavy (non-hydrogen) atoms. The van der Waals surface area contributed by atoms with Crippen molar-refractivity contribution in [1.82, 2.24) is 4.98 Å². The molecular weight excluding hydrogens is 622 g/mol. The normalized spacial score (nSPS) is 30.7. The Labute approximate surface area is 288 Å². The molecule has 2 aromatic carbocycles. The lowest BCUT2D eigenvalue weighted by atomic mass is 9.66. The lowest BCUT2D eigenvalue weighted by Crippen LogP contribution is -2.44. The van der Waals surface area contributed by atoms with Gasteiger partial charge in [0.1, 0.15) is 5.75 Å². The molecule has 3 saturated carbocycles. The quantitative estimate of drug-likeness (QED) is 0.124. The zero-order valence-corrected chi connectivity index (χ0v) is 28.6. The Kier molecular flexibility index (Phi) is 10.2. The van der Waals surface area contributed by atoms with Gasteiger partial charge in [0.15, 0.2) is 11.5 Å². The number of aromatic hydroxyl groups is 3. The second-order valence-corrected chi connectivity index (χ2v) is 15.3. The summed E-state index contributed by atoms with van der Waals surface area (Å²) in [6.07, 6.45) is 13.5. The van der Waals surface area contributed by atoms with Crippen LogP contribution in [-0.4, -0.2) is 61.5 Å². The molecule has 8 atom stereocenters. The summed E-state index contributed by atoms with van der Waals surface area (Å²) >= 11 is 0. The van der Waals surface area contributed by atoms with E-state index < -0.39 is 30.3 Å². The molecule has 1 aliphatic heterocycles. The molecule has 1 saturated heterocycles. The van der Waals surface area contributed by atoms with E-state index in [1.165, 1.54) is 32.8 Å². The number of nitrogens with one attached hydrogen (secondary N) is 1. The summed E-state index contributed by atoms with van der Waals surface area (Å²) in [5.41, 5.74) is 4.37. The molecule has 0 bridgehead atoms. The van der Waals surface area contributed by atoms with Gasteiger partial charge >= 0.3 is 0 Å². The summed E-state index contributed by atoms with van der Waals surface area (Å²) in [5.74, 6) is 1.36. The summed E-state index contributed by atoms with van der Waals surface area (Å²) in [6, 6.07) is 7.95. The Morgan fingerprint density at radius 2 is 1.69 bits per heavy atom. The van der Waals surface area contributed by atoms with Crippen LogP contribution in [0.1, 0.15) is 122 Å². The number of H-pyrrole nitrogens is 1. The summed E-state index contributed by atoms with van der Waals surface area (Å²) in [5, 5.41) is 65.4. The molecule has 7 rings (SSSR count). The molecule has 2 heterocycles. The number of hydrogen-bond donors (Lipinski definition) is 7. The molecule has 4 fully saturated rings. The number of aromatic amines is 1. The molecule has 3 aliphatic carbocycles. The average molecular weight is 676 g/mol. The number of ether oxygens (including phenoxy) is 2. The minimum absolute atomic E-state index is 0.0494. The fraction of sp³-hybridized carbons (Fsp3) is 0.600. The van der Waals surface area contributed by atoms with Crippen molar-refractivity contribution in [2.75, 3.05) is 13.7 Å². The van der Waals surface area contributed by atoms with Gasteiger partial charge in [-0.1, -0.05) is 37.8 Å². The first-order valence-electron chi connectivity index (χ1n) is 18.4. The summed E-state index contributed by atoms with van der Waals surface area (Å²) in [4.78, 5) is 3.05. The highest BCUT2D eigenvalue weighted by Gasteiger charge is 2.45. The van der Waals surface area contributed by atoms with E-state index in [0.717, 1.165) is 54.7 Å². The Morgan fingerprint density at radius 1 is 0.878 bits per heavy atom. The minimum atomic E-state index is -0.645. The number of aliphatic hydroxyl groups excluding tert-OH is 3. The molecule has 4 aliphatic rings. The fourth-order valence-corrected chi connectivity index (χ4v) is 10.2. The van der Waals surface area contributed by atoms with Crippen LogP contribution in [0.25, 0.3) is 0 Å². The SMILES string of the molecule is COc1c(O)c(O)c(CO)c([C@@H]2C[C@H](O)[C@H]3CC[C@@H](c4ccc(O)c([C@H]5C[C@@H](C6CCCC6)CC[C@@H]5CO)c4)C[C@@H]3O2)c1Cc1cc[nH]c1. The monoisotopic (exact) mass is 675 g/mol. The van der Waals surface area contributed by atoms with Crippen molar-refractivity contribution in [2.24, 2.45) is 23.7 Å². The van der Waals surface area contributed by atoms with Crippen LogP contribution in [0.3, 0.4) is 0 Å². The number of phenols is 3. The van der Waals surface area contributed by atoms with E-state index >= 15 is 0 Å². The van der Waals surface area contributed by atoms with Crippen LogP contribution in [-0.2, 0) is 17.8 Å². The van der Waals surface area contributed by atoms with Crippen molar-refractivity contribution >= 4 is 0 Å². The van der Waals surface area contributed by atoms with E-state index in [4.69, 9.17) is 9.47 Å². The molecule has 9 nitrogen and oxygen atoms in total. The highest BCUT2D eigenvalue weighted by atomic mass is 16.5. The topological polar surface area (TPSA) is 156 Å². The van der Waals surface area contributed by atoms with E-state index in [-0.39, 0.29) is 47.7 Å². The van der Waals surface area contributed by atoms with E-state index in [1.54, 1.807) is 0 Å². The van der Waals surface area contributed by atoms with Crippen molar-refractivity contribution in [3.8, 4) is 23.0 Å². The van der Waals surface area contributed by atoms with Crippen LogP contribution in [0.15, 0.2) is 36.7 Å². The number of methoxy groups -OCH3 is 1. The molecule has 9 heteroatoms. The largest absolute Gasteiger partial charge is 0.508 e. The standard InChI is InChI=1S/C40H53NO8/c1-48-40-31(14-22-12-13-41-19-22)37(32(21-43)38(46)39(40)47)36-18-34(45)28-10-8-26(17-35(28)49-36)25-9-11-33(44)30(16-25)29-15-24(6-7-27(29)20-42)23-4-2-3-5-23/h9,11-13,16,19,23-24,26-29,34-36,41-47H,2-8,10,14-15,17-18,20-21H2,1H3/t24-,26+,27+,28+,29-,34-,35-,36-/m0/s1. The maximum atomic E-state index is 11.5. The third-order valence-electron chi connectivity index (χ3n) is 12.8. The van der Waals surface area contributed by atoms with E-state index in [0.29, 0.717) is 42.1 Å². The zero-order valence-electron chi connectivity index (χ0n) is 28.6. The van der Waals surface area contributed by atoms with Gasteiger partial charge in [0.2, 0.25) is 5.75 Å². The van der Waals surface area contributed by atoms with Gasteiger partial charge in [-0.25, -0.2) is 0 Å². The Morgan fingerprint density at radius 3 is 2.41 bits per heavy atom. The number of aromatic nitrogens is 1. The van der Waals surface area contributed by atoms with Crippen LogP contribution in [0, 0.1) is 23.7 Å². The molecule has 7 N–H and O–H groups in total. The fourth-order valence-electron chi connectivity index (χ4n) is 10.2. The van der Waals surface area contributed by atoms with Gasteiger partial charge in [-0.3, -0.25) is 0 Å². The lowest BCUT2D eigenvalue weighted by molar-refractivity contribution is -0.154. The second kappa shape index (κ2) is 14.5. The predicted octanol–water partition coefficient (Wildman–Crippen LogP) is 6.68. The zero-order chi connectivity index (χ0) is 34.2. The molecule has 0 amide bonds. The first-order valence-corrected chi connectivity index (χ1v) is 18.4. The third-order valence-corrected chi connectivity index (χ3v) is 12.8. The van der Waals surface area contributed by atoms with Crippen LogP contribution in [0.5, 0.6) is 23.0 Å². The smallest absolute Gasteiger partial charge is 0.201 e. The van der Waals surface area contributed by atoms with Crippen molar-refractivity contribution in [3.63, 3.8) is 0 Å². The molecule has 266 valence electrons. The van der Waals surface area contributed by atoms with Gasteiger partial charge in [0.25, 0.3) is 0 Å². The molecular formula is C40H53NO8. The van der Waals surface area contributed by atoms with Crippen LogP contribution in [0.4, 0.5) is 0 Å². The van der Waals surface area contributed by atoms with Crippen LogP contribution >= 0.6 is 0 Å². The van der Waals surface area contributed by atoms with Crippen molar-refractivity contribution < 1.29 is 40.1 Å². The third kappa shape index (κ3) is 6.55.